The molecule has 2 heterocycles. The maximum Gasteiger partial charge on any atom is 0.237 e. The van der Waals surface area contributed by atoms with Crippen LogP contribution in [0.15, 0.2) is 23.0 Å². The zero-order valence-electron chi connectivity index (χ0n) is 11.7. The summed E-state index contributed by atoms with van der Waals surface area (Å²) < 4.78 is 27.5. The van der Waals surface area contributed by atoms with Gasteiger partial charge in [0.05, 0.1) is 22.6 Å². The van der Waals surface area contributed by atoms with Crippen molar-refractivity contribution in [1.82, 2.24) is 4.98 Å². The van der Waals surface area contributed by atoms with Crippen LogP contribution in [0.2, 0.25) is 0 Å². The minimum absolute atomic E-state index is 0.116. The minimum atomic E-state index is -0.921. The van der Waals surface area contributed by atoms with Gasteiger partial charge in [-0.2, -0.15) is 0 Å². The number of carbonyl (C=O) groups is 1. The number of benzene rings is 1. The molecule has 0 N–H and O–H groups in total. The number of amides is 1. The van der Waals surface area contributed by atoms with Crippen molar-refractivity contribution in [2.45, 2.75) is 18.6 Å². The summed E-state index contributed by atoms with van der Waals surface area (Å²) in [5, 5.41) is 1.93. The van der Waals surface area contributed by atoms with E-state index < -0.39 is 11.6 Å². The van der Waals surface area contributed by atoms with Crippen molar-refractivity contribution in [3.05, 3.63) is 45.9 Å². The Kier molecular flexibility index (Phi) is 4.73. The molecular weight excluding hydrogens is 326 g/mol. The number of thiazole rings is 1. The van der Waals surface area contributed by atoms with Crippen LogP contribution >= 0.6 is 23.1 Å². The fraction of sp³-hybridized carbons (Fsp3) is 0.333. The van der Waals surface area contributed by atoms with Crippen molar-refractivity contribution in [3.8, 4) is 0 Å². The van der Waals surface area contributed by atoms with Gasteiger partial charge in [-0.15, -0.1) is 23.1 Å². The van der Waals surface area contributed by atoms with E-state index in [1.807, 2.05) is 5.38 Å². The maximum atomic E-state index is 14.1. The first-order valence-electron chi connectivity index (χ1n) is 6.89. The molecule has 1 aromatic heterocycles. The molecule has 7 heteroatoms. The standard InChI is InChI=1S/C15H14F2N2OS2/c16-12-4-3-10-2-1-5-19(15(10)14(12)17)13(20)8-21-6-11-7-22-9-18-11/h3-4,7,9H,1-2,5-6,8H2. The van der Waals surface area contributed by atoms with E-state index in [4.69, 9.17) is 0 Å². The maximum absolute atomic E-state index is 14.1. The number of fused-ring (bicyclic) bond motifs is 1. The quantitative estimate of drug-likeness (QED) is 0.852. The number of hydrogen-bond acceptors (Lipinski definition) is 4. The topological polar surface area (TPSA) is 33.2 Å². The minimum Gasteiger partial charge on any atom is -0.309 e. The number of aromatic nitrogens is 1. The van der Waals surface area contributed by atoms with E-state index in [1.54, 1.807) is 11.6 Å². The molecule has 1 amide bonds. The second kappa shape index (κ2) is 6.75. The third kappa shape index (κ3) is 3.15. The average Bonchev–Trinajstić information content (AvgIpc) is 3.04. The lowest BCUT2D eigenvalue weighted by molar-refractivity contribution is -0.116. The smallest absolute Gasteiger partial charge is 0.237 e. The van der Waals surface area contributed by atoms with Crippen molar-refractivity contribution >= 4 is 34.7 Å². The van der Waals surface area contributed by atoms with Gasteiger partial charge in [0, 0.05) is 17.7 Å². The van der Waals surface area contributed by atoms with Crippen LogP contribution in [-0.4, -0.2) is 23.2 Å². The van der Waals surface area contributed by atoms with Gasteiger partial charge in [-0.3, -0.25) is 4.79 Å². The van der Waals surface area contributed by atoms with Crippen LogP contribution in [-0.2, 0) is 17.0 Å². The van der Waals surface area contributed by atoms with Crippen LogP contribution in [0, 0.1) is 11.6 Å². The molecular formula is C15H14F2N2OS2. The first-order chi connectivity index (χ1) is 10.7. The van der Waals surface area contributed by atoms with Gasteiger partial charge in [-0.1, -0.05) is 6.07 Å². The zero-order valence-corrected chi connectivity index (χ0v) is 13.4. The van der Waals surface area contributed by atoms with Crippen LogP contribution < -0.4 is 4.90 Å². The SMILES string of the molecule is O=C(CSCc1cscn1)N1CCCc2ccc(F)c(F)c21. The van der Waals surface area contributed by atoms with E-state index in [0.29, 0.717) is 24.3 Å². The lowest BCUT2D eigenvalue weighted by Crippen LogP contribution is -2.37. The number of hydrogen-bond donors (Lipinski definition) is 0. The molecule has 1 aliphatic heterocycles. The summed E-state index contributed by atoms with van der Waals surface area (Å²) >= 11 is 2.94. The molecule has 22 heavy (non-hydrogen) atoms. The summed E-state index contributed by atoms with van der Waals surface area (Å²) in [5.41, 5.74) is 3.49. The third-order valence-corrected chi connectivity index (χ3v) is 5.10. The largest absolute Gasteiger partial charge is 0.309 e. The van der Waals surface area contributed by atoms with Crippen LogP contribution in [0.1, 0.15) is 17.7 Å². The van der Waals surface area contributed by atoms with Gasteiger partial charge >= 0.3 is 0 Å². The predicted molar refractivity (Wildman–Crippen MR) is 85.3 cm³/mol. The fourth-order valence-corrected chi connectivity index (χ4v) is 3.96. The first-order valence-corrected chi connectivity index (χ1v) is 8.98. The highest BCUT2D eigenvalue weighted by Gasteiger charge is 2.27. The van der Waals surface area contributed by atoms with Gasteiger partial charge in [0.15, 0.2) is 11.6 Å². The second-order valence-electron chi connectivity index (χ2n) is 4.99. The number of anilines is 1. The molecule has 0 aliphatic carbocycles. The number of halogens is 2. The summed E-state index contributed by atoms with van der Waals surface area (Å²) in [4.78, 5) is 17.9. The molecule has 0 saturated heterocycles. The van der Waals surface area contributed by atoms with Crippen LogP contribution in [0.25, 0.3) is 0 Å². The Labute approximate surface area is 135 Å². The fourth-order valence-electron chi connectivity index (χ4n) is 2.49. The van der Waals surface area contributed by atoms with Crippen molar-refractivity contribution < 1.29 is 13.6 Å². The van der Waals surface area contributed by atoms with Crippen molar-refractivity contribution in [2.24, 2.45) is 0 Å². The molecule has 0 unspecified atom stereocenters. The Morgan fingerprint density at radius 3 is 3.05 bits per heavy atom. The monoisotopic (exact) mass is 340 g/mol. The van der Waals surface area contributed by atoms with E-state index in [9.17, 15) is 13.6 Å². The van der Waals surface area contributed by atoms with Gasteiger partial charge in [0.1, 0.15) is 0 Å². The van der Waals surface area contributed by atoms with Crippen molar-refractivity contribution in [3.63, 3.8) is 0 Å². The Balaban J connectivity index is 1.70. The first kappa shape index (κ1) is 15.4. The molecule has 0 fully saturated rings. The molecule has 3 rings (SSSR count). The van der Waals surface area contributed by atoms with Gasteiger partial charge < -0.3 is 4.90 Å². The molecule has 0 saturated carbocycles. The summed E-state index contributed by atoms with van der Waals surface area (Å²) in [6, 6.07) is 2.69. The van der Waals surface area contributed by atoms with Crippen LogP contribution in [0.3, 0.4) is 0 Å². The highest BCUT2D eigenvalue weighted by molar-refractivity contribution is 7.99. The van der Waals surface area contributed by atoms with Gasteiger partial charge in [-0.25, -0.2) is 13.8 Å². The van der Waals surface area contributed by atoms with E-state index in [2.05, 4.69) is 4.98 Å². The molecule has 0 spiro atoms. The molecule has 2 aromatic rings. The molecule has 0 radical (unpaired) electrons. The number of carbonyl (C=O) groups excluding carboxylic acids is 1. The molecule has 3 nitrogen and oxygen atoms in total. The van der Waals surface area contributed by atoms with Gasteiger partial charge in [-0.05, 0) is 24.5 Å². The highest BCUT2D eigenvalue weighted by atomic mass is 32.2. The Morgan fingerprint density at radius 1 is 1.41 bits per heavy atom. The second-order valence-corrected chi connectivity index (χ2v) is 6.69. The zero-order chi connectivity index (χ0) is 15.5. The number of aryl methyl sites for hydroxylation is 1. The van der Waals surface area contributed by atoms with Crippen LogP contribution in [0.4, 0.5) is 14.5 Å². The normalized spacial score (nSPS) is 14.0. The highest BCUT2D eigenvalue weighted by Crippen LogP contribution is 2.32. The molecule has 1 aliphatic rings. The van der Waals surface area contributed by atoms with Crippen molar-refractivity contribution in [2.75, 3.05) is 17.2 Å². The lowest BCUT2D eigenvalue weighted by atomic mass is 10.0. The average molecular weight is 340 g/mol. The predicted octanol–water partition coefficient (Wildman–Crippen LogP) is 3.63. The Bertz CT molecular complexity index is 676. The number of rotatable bonds is 4. The lowest BCUT2D eigenvalue weighted by Gasteiger charge is -2.29. The van der Waals surface area contributed by atoms with Gasteiger partial charge in [0.25, 0.3) is 0 Å². The Hall–Kier alpha value is -1.47. The molecule has 1 aromatic carbocycles. The number of nitrogens with zero attached hydrogens (tertiary/aromatic N) is 2. The third-order valence-electron chi connectivity index (χ3n) is 3.51. The van der Waals surface area contributed by atoms with Crippen molar-refractivity contribution in [1.29, 1.82) is 0 Å². The van der Waals surface area contributed by atoms with E-state index >= 15 is 0 Å². The Morgan fingerprint density at radius 2 is 2.27 bits per heavy atom. The van der Waals surface area contributed by atoms with E-state index in [-0.39, 0.29) is 17.3 Å². The summed E-state index contributed by atoms with van der Waals surface area (Å²) in [5.74, 6) is -1.15. The molecule has 116 valence electrons. The molecule has 0 atom stereocenters. The van der Waals surface area contributed by atoms with Gasteiger partial charge in [0.2, 0.25) is 5.91 Å². The number of thioether (sulfide) groups is 1. The summed E-state index contributed by atoms with van der Waals surface area (Å²) in [7, 11) is 0. The van der Waals surface area contributed by atoms with E-state index in [1.165, 1.54) is 28.0 Å². The molecule has 0 bridgehead atoms. The van der Waals surface area contributed by atoms with Crippen LogP contribution in [0.5, 0.6) is 0 Å². The summed E-state index contributed by atoms with van der Waals surface area (Å²) in [6.07, 6.45) is 1.43. The van der Waals surface area contributed by atoms with E-state index in [0.717, 1.165) is 18.2 Å². The summed E-state index contributed by atoms with van der Waals surface area (Å²) in [6.45, 7) is 0.434.